The second kappa shape index (κ2) is 15.5. The predicted octanol–water partition coefficient (Wildman–Crippen LogP) is 5.89. The number of rotatable bonds is 4. The summed E-state index contributed by atoms with van der Waals surface area (Å²) in [5, 5.41) is 0. The van der Waals surface area contributed by atoms with Gasteiger partial charge in [0.15, 0.2) is 0 Å². The van der Waals surface area contributed by atoms with Gasteiger partial charge < -0.3 is 0 Å². The molecular weight excluding hydrogens is 312 g/mol. The number of benzene rings is 1. The van der Waals surface area contributed by atoms with Crippen LogP contribution in [0.1, 0.15) is 63.5 Å². The summed E-state index contributed by atoms with van der Waals surface area (Å²) in [5.74, 6) is 24.4. The first-order valence-corrected chi connectivity index (χ1v) is 9.26. The summed E-state index contributed by atoms with van der Waals surface area (Å²) in [7, 11) is 0. The molecule has 130 valence electrons. The predicted molar refractivity (Wildman–Crippen MR) is 113 cm³/mol. The minimum Gasteiger partial charge on any atom is -0.0985 e. The van der Waals surface area contributed by atoms with Crippen LogP contribution in [0, 0.1) is 47.4 Å². The highest BCUT2D eigenvalue weighted by molar-refractivity contribution is 5.44. The van der Waals surface area contributed by atoms with E-state index in [4.69, 9.17) is 0 Å². The molecule has 26 heavy (non-hydrogen) atoms. The van der Waals surface area contributed by atoms with Crippen molar-refractivity contribution in [3.8, 4) is 47.4 Å². The normalized spacial score (nSPS) is 9.31. The minimum absolute atomic E-state index is 0.956. The molecular formula is C26H26. The molecule has 0 aliphatic heterocycles. The molecule has 0 radical (unpaired) electrons. The van der Waals surface area contributed by atoms with Crippen molar-refractivity contribution in [1.82, 2.24) is 0 Å². The Balaban J connectivity index is 2.46. The Morgan fingerprint density at radius 3 is 1.38 bits per heavy atom. The van der Waals surface area contributed by atoms with Crippen LogP contribution in [0.5, 0.6) is 0 Å². The summed E-state index contributed by atoms with van der Waals surface area (Å²) in [5.41, 5.74) is 1.94. The lowest BCUT2D eigenvalue weighted by Gasteiger charge is -1.90. The maximum Gasteiger partial charge on any atom is 0.0249 e. The maximum absolute atomic E-state index is 3.10. The molecule has 0 N–H and O–H groups in total. The maximum atomic E-state index is 3.10. The zero-order chi connectivity index (χ0) is 18.7. The van der Waals surface area contributed by atoms with Crippen LogP contribution in [-0.2, 0) is 0 Å². The fourth-order valence-corrected chi connectivity index (χ4v) is 1.85. The third-order valence-electron chi connectivity index (χ3n) is 3.33. The highest BCUT2D eigenvalue weighted by Crippen LogP contribution is 2.01. The van der Waals surface area contributed by atoms with E-state index in [9.17, 15) is 0 Å². The van der Waals surface area contributed by atoms with Gasteiger partial charge >= 0.3 is 0 Å². The molecule has 0 aliphatic rings. The summed E-state index contributed by atoms with van der Waals surface area (Å²) < 4.78 is 0. The van der Waals surface area contributed by atoms with Gasteiger partial charge in [-0.05, 0) is 61.4 Å². The Morgan fingerprint density at radius 1 is 0.615 bits per heavy atom. The smallest absolute Gasteiger partial charge is 0.0249 e. The van der Waals surface area contributed by atoms with Crippen LogP contribution in [0.3, 0.4) is 0 Å². The standard InChI is InChI=1S/C26H26/c1-3-5-7-9-11-13-15-17-19-25-21-23-26(24-22-25)20-18-16-14-12-10-8-6-4-2/h13-16,21-24H,3-8H2,1-2H3/b15-13-,16-14-. The van der Waals surface area contributed by atoms with E-state index in [1.54, 1.807) is 24.3 Å². The van der Waals surface area contributed by atoms with Crippen LogP contribution in [0.4, 0.5) is 0 Å². The minimum atomic E-state index is 0.956. The topological polar surface area (TPSA) is 0 Å². The quantitative estimate of drug-likeness (QED) is 0.474. The van der Waals surface area contributed by atoms with E-state index < -0.39 is 0 Å². The lowest BCUT2D eigenvalue weighted by molar-refractivity contribution is 0.828. The molecule has 0 spiro atoms. The van der Waals surface area contributed by atoms with Gasteiger partial charge in [-0.1, -0.05) is 74.1 Å². The van der Waals surface area contributed by atoms with E-state index in [2.05, 4.69) is 61.2 Å². The largest absolute Gasteiger partial charge is 0.0985 e. The highest BCUT2D eigenvalue weighted by atomic mass is 13.9. The summed E-state index contributed by atoms with van der Waals surface area (Å²) in [6.45, 7) is 4.34. The Kier molecular flexibility index (Phi) is 12.5. The molecule has 0 aliphatic carbocycles. The SMILES string of the molecule is CCCCC#C/C=C\C#Cc1ccc(C#C/C=C\C#CCCCC)cc1. The van der Waals surface area contributed by atoms with Crippen molar-refractivity contribution in [3.63, 3.8) is 0 Å². The van der Waals surface area contributed by atoms with Gasteiger partial charge in [0.05, 0.1) is 0 Å². The van der Waals surface area contributed by atoms with Crippen molar-refractivity contribution >= 4 is 0 Å². The van der Waals surface area contributed by atoms with Crippen LogP contribution >= 0.6 is 0 Å². The van der Waals surface area contributed by atoms with Gasteiger partial charge in [-0.15, -0.1) is 0 Å². The summed E-state index contributed by atoms with van der Waals surface area (Å²) in [6, 6.07) is 7.91. The molecule has 0 aromatic heterocycles. The van der Waals surface area contributed by atoms with Gasteiger partial charge in [0.1, 0.15) is 0 Å². The van der Waals surface area contributed by atoms with Crippen molar-refractivity contribution in [1.29, 1.82) is 0 Å². The van der Waals surface area contributed by atoms with Crippen molar-refractivity contribution in [2.45, 2.75) is 52.4 Å². The Bertz CT molecular complexity index is 744. The molecule has 0 nitrogen and oxygen atoms in total. The lowest BCUT2D eigenvalue weighted by Crippen LogP contribution is -1.76. The van der Waals surface area contributed by atoms with Gasteiger partial charge in [0, 0.05) is 24.0 Å². The molecule has 1 aromatic carbocycles. The molecule has 0 heteroatoms. The van der Waals surface area contributed by atoms with Crippen LogP contribution in [0.25, 0.3) is 0 Å². The molecule has 0 saturated heterocycles. The van der Waals surface area contributed by atoms with E-state index in [1.165, 1.54) is 12.8 Å². The van der Waals surface area contributed by atoms with Crippen LogP contribution in [0.15, 0.2) is 48.6 Å². The van der Waals surface area contributed by atoms with Crippen LogP contribution in [0.2, 0.25) is 0 Å². The number of unbranched alkanes of at least 4 members (excludes halogenated alkanes) is 4. The van der Waals surface area contributed by atoms with Gasteiger partial charge in [0.25, 0.3) is 0 Å². The summed E-state index contributed by atoms with van der Waals surface area (Å²) in [4.78, 5) is 0. The van der Waals surface area contributed by atoms with E-state index in [-0.39, 0.29) is 0 Å². The second-order valence-electron chi connectivity index (χ2n) is 5.63. The molecule has 1 aromatic rings. The average Bonchev–Trinajstić information content (AvgIpc) is 2.67. The van der Waals surface area contributed by atoms with E-state index in [0.29, 0.717) is 0 Å². The molecule has 0 fully saturated rings. The number of hydrogen-bond acceptors (Lipinski definition) is 0. The first-order chi connectivity index (χ1) is 12.9. The molecule has 0 atom stereocenters. The van der Waals surface area contributed by atoms with Gasteiger partial charge in [-0.2, -0.15) is 0 Å². The lowest BCUT2D eigenvalue weighted by atomic mass is 10.1. The fraction of sp³-hybridized carbons (Fsp3) is 0.308. The molecule has 0 saturated carbocycles. The van der Waals surface area contributed by atoms with Crippen LogP contribution in [-0.4, -0.2) is 0 Å². The summed E-state index contributed by atoms with van der Waals surface area (Å²) in [6.07, 6.45) is 13.8. The zero-order valence-corrected chi connectivity index (χ0v) is 15.9. The van der Waals surface area contributed by atoms with Gasteiger partial charge in [0.2, 0.25) is 0 Å². The van der Waals surface area contributed by atoms with Gasteiger partial charge in [-0.25, -0.2) is 0 Å². The Labute approximate surface area is 159 Å². The van der Waals surface area contributed by atoms with Crippen molar-refractivity contribution in [2.24, 2.45) is 0 Å². The first-order valence-electron chi connectivity index (χ1n) is 9.26. The fourth-order valence-electron chi connectivity index (χ4n) is 1.85. The van der Waals surface area contributed by atoms with E-state index >= 15 is 0 Å². The monoisotopic (exact) mass is 338 g/mol. The van der Waals surface area contributed by atoms with Crippen molar-refractivity contribution < 1.29 is 0 Å². The zero-order valence-electron chi connectivity index (χ0n) is 15.9. The third kappa shape index (κ3) is 11.5. The highest BCUT2D eigenvalue weighted by Gasteiger charge is 1.87. The molecule has 0 bridgehead atoms. The molecule has 0 amide bonds. The average molecular weight is 338 g/mol. The van der Waals surface area contributed by atoms with Crippen LogP contribution < -0.4 is 0 Å². The first kappa shape index (κ1) is 21.0. The molecule has 1 rings (SSSR count). The third-order valence-corrected chi connectivity index (χ3v) is 3.33. The number of allylic oxidation sites excluding steroid dienone is 4. The Hall–Kier alpha value is -3.06. The summed E-state index contributed by atoms with van der Waals surface area (Å²) >= 11 is 0. The Morgan fingerprint density at radius 2 is 1.00 bits per heavy atom. The van der Waals surface area contributed by atoms with E-state index in [1.807, 2.05) is 24.3 Å². The van der Waals surface area contributed by atoms with E-state index in [0.717, 1.165) is 36.8 Å². The second-order valence-corrected chi connectivity index (χ2v) is 5.63. The van der Waals surface area contributed by atoms with Gasteiger partial charge in [-0.3, -0.25) is 0 Å². The molecule has 0 heterocycles. The molecule has 0 unspecified atom stereocenters. The van der Waals surface area contributed by atoms with Crippen molar-refractivity contribution in [2.75, 3.05) is 0 Å². The number of hydrogen-bond donors (Lipinski definition) is 0. The van der Waals surface area contributed by atoms with Crippen molar-refractivity contribution in [3.05, 3.63) is 59.7 Å².